The molecule has 0 fully saturated rings. The Morgan fingerprint density at radius 2 is 1.03 bits per heavy atom. The second-order valence-corrected chi connectivity index (χ2v) is 7.36. The normalized spacial score (nSPS) is 10.4. The van der Waals surface area contributed by atoms with E-state index in [0.29, 0.717) is 17.7 Å². The van der Waals surface area contributed by atoms with Gasteiger partial charge in [0.15, 0.2) is 0 Å². The SMILES string of the molecule is CCOOCc1cc(-c2ccccc2)ccc1O.OOCc1cc(-c2ccccc2)ccc1O. The molecule has 0 radical (unpaired) electrons. The minimum atomic E-state index is -0.0213. The van der Waals surface area contributed by atoms with Crippen molar-refractivity contribution < 1.29 is 30.1 Å². The molecule has 0 heterocycles. The highest BCUT2D eigenvalue weighted by molar-refractivity contribution is 5.66. The van der Waals surface area contributed by atoms with Crippen LogP contribution in [0.15, 0.2) is 97.1 Å². The third-order valence-electron chi connectivity index (χ3n) is 5.01. The molecule has 3 N–H and O–H groups in total. The maximum absolute atomic E-state index is 9.75. The lowest BCUT2D eigenvalue weighted by Crippen LogP contribution is -1.95. The Kier molecular flexibility index (Phi) is 9.64. The van der Waals surface area contributed by atoms with E-state index in [0.717, 1.165) is 22.3 Å². The average Bonchev–Trinajstić information content (AvgIpc) is 2.88. The van der Waals surface area contributed by atoms with Gasteiger partial charge < -0.3 is 10.2 Å². The third kappa shape index (κ3) is 7.16. The fourth-order valence-corrected chi connectivity index (χ4v) is 3.28. The Hall–Kier alpha value is -3.68. The van der Waals surface area contributed by atoms with Gasteiger partial charge in [-0.3, -0.25) is 5.26 Å². The van der Waals surface area contributed by atoms with Crippen LogP contribution in [0, 0.1) is 0 Å². The number of hydrogen-bond acceptors (Lipinski definition) is 6. The number of hydrogen-bond donors (Lipinski definition) is 3. The zero-order chi connectivity index (χ0) is 24.2. The first-order chi connectivity index (χ1) is 16.6. The zero-order valence-electron chi connectivity index (χ0n) is 18.9. The standard InChI is InChI=1S/C15H16O3.C13H12O3/c1-2-17-18-11-14-10-13(8-9-15(14)16)12-6-4-3-5-7-12;14-13-7-6-11(8-12(13)9-16-15)10-4-2-1-3-5-10/h3-10,16H,2,11H2,1H3;1-8,14-15H,9H2. The first-order valence-electron chi connectivity index (χ1n) is 10.9. The highest BCUT2D eigenvalue weighted by atomic mass is 17.2. The third-order valence-corrected chi connectivity index (χ3v) is 5.01. The van der Waals surface area contributed by atoms with Gasteiger partial charge in [-0.2, -0.15) is 0 Å². The minimum Gasteiger partial charge on any atom is -0.508 e. The van der Waals surface area contributed by atoms with Crippen LogP contribution in [0.5, 0.6) is 11.5 Å². The Labute approximate surface area is 199 Å². The molecule has 0 aromatic heterocycles. The van der Waals surface area contributed by atoms with Crippen molar-refractivity contribution in [1.82, 2.24) is 0 Å². The molecular formula is C28H28O6. The first kappa shape index (κ1) is 25.0. The largest absolute Gasteiger partial charge is 0.508 e. The van der Waals surface area contributed by atoms with Gasteiger partial charge in [0.25, 0.3) is 0 Å². The van der Waals surface area contributed by atoms with Crippen LogP contribution in [0.2, 0.25) is 0 Å². The van der Waals surface area contributed by atoms with Crippen LogP contribution < -0.4 is 0 Å². The lowest BCUT2D eigenvalue weighted by molar-refractivity contribution is -0.300. The number of aromatic hydroxyl groups is 2. The topological polar surface area (TPSA) is 88.4 Å². The second-order valence-electron chi connectivity index (χ2n) is 7.36. The molecule has 4 aromatic rings. The predicted octanol–water partition coefficient (Wildman–Crippen LogP) is 6.58. The van der Waals surface area contributed by atoms with Gasteiger partial charge >= 0.3 is 0 Å². The molecule has 6 heteroatoms. The van der Waals surface area contributed by atoms with E-state index in [1.54, 1.807) is 18.2 Å². The highest BCUT2D eigenvalue weighted by Gasteiger charge is 2.06. The lowest BCUT2D eigenvalue weighted by atomic mass is 10.0. The molecule has 4 aromatic carbocycles. The van der Waals surface area contributed by atoms with Crippen LogP contribution in [0.25, 0.3) is 22.3 Å². The fourth-order valence-electron chi connectivity index (χ4n) is 3.28. The van der Waals surface area contributed by atoms with Gasteiger partial charge in [-0.25, -0.2) is 14.7 Å². The number of rotatable bonds is 8. The molecule has 0 amide bonds. The molecule has 34 heavy (non-hydrogen) atoms. The van der Waals surface area contributed by atoms with Gasteiger partial charge in [0.05, 0.1) is 6.61 Å². The smallest absolute Gasteiger partial charge is 0.121 e. The van der Waals surface area contributed by atoms with Gasteiger partial charge in [0.2, 0.25) is 0 Å². The van der Waals surface area contributed by atoms with Crippen molar-refractivity contribution in [1.29, 1.82) is 0 Å². The van der Waals surface area contributed by atoms with Crippen molar-refractivity contribution in [2.24, 2.45) is 0 Å². The molecule has 0 aliphatic carbocycles. The van der Waals surface area contributed by atoms with E-state index in [-0.39, 0.29) is 24.7 Å². The molecule has 0 unspecified atom stereocenters. The molecule has 0 saturated heterocycles. The average molecular weight is 461 g/mol. The molecule has 0 saturated carbocycles. The van der Waals surface area contributed by atoms with E-state index in [1.807, 2.05) is 85.8 Å². The van der Waals surface area contributed by atoms with E-state index in [9.17, 15) is 10.2 Å². The highest BCUT2D eigenvalue weighted by Crippen LogP contribution is 2.27. The summed E-state index contributed by atoms with van der Waals surface area (Å²) in [4.78, 5) is 13.8. The molecule has 0 aliphatic heterocycles. The van der Waals surface area contributed by atoms with E-state index in [4.69, 9.17) is 15.0 Å². The summed E-state index contributed by atoms with van der Waals surface area (Å²) in [5.74, 6) is 0.336. The molecule has 4 rings (SSSR count). The van der Waals surface area contributed by atoms with Crippen molar-refractivity contribution in [2.45, 2.75) is 20.1 Å². The zero-order valence-corrected chi connectivity index (χ0v) is 18.9. The second kappa shape index (κ2) is 13.1. The molecule has 0 atom stereocenters. The molecule has 0 spiro atoms. The Bertz CT molecular complexity index is 1150. The van der Waals surface area contributed by atoms with Crippen molar-refractivity contribution in [3.8, 4) is 33.8 Å². The van der Waals surface area contributed by atoms with Crippen LogP contribution in [-0.4, -0.2) is 22.1 Å². The summed E-state index contributed by atoms with van der Waals surface area (Å²) in [7, 11) is 0. The lowest BCUT2D eigenvalue weighted by Gasteiger charge is -2.08. The summed E-state index contributed by atoms with van der Waals surface area (Å²) in [6.07, 6.45) is 0. The maximum Gasteiger partial charge on any atom is 0.121 e. The molecular weight excluding hydrogens is 432 g/mol. The number of phenolic OH excluding ortho intramolecular Hbond substituents is 2. The van der Waals surface area contributed by atoms with E-state index >= 15 is 0 Å². The summed E-state index contributed by atoms with van der Waals surface area (Å²) >= 11 is 0. The van der Waals surface area contributed by atoms with Crippen molar-refractivity contribution in [2.75, 3.05) is 6.61 Å². The van der Waals surface area contributed by atoms with Crippen LogP contribution in [0.4, 0.5) is 0 Å². The summed E-state index contributed by atoms with van der Waals surface area (Å²) in [6.45, 7) is 2.55. The van der Waals surface area contributed by atoms with E-state index < -0.39 is 0 Å². The summed E-state index contributed by atoms with van der Waals surface area (Å²) in [6, 6.07) is 30.5. The Morgan fingerprint density at radius 1 is 0.559 bits per heavy atom. The quantitative estimate of drug-likeness (QED) is 0.156. The fraction of sp³-hybridized carbons (Fsp3) is 0.143. The minimum absolute atomic E-state index is 0.0213. The van der Waals surface area contributed by atoms with Gasteiger partial charge in [-0.1, -0.05) is 72.8 Å². The van der Waals surface area contributed by atoms with Crippen LogP contribution in [0.1, 0.15) is 18.1 Å². The predicted molar refractivity (Wildman–Crippen MR) is 131 cm³/mol. The van der Waals surface area contributed by atoms with Crippen LogP contribution in [-0.2, 0) is 27.9 Å². The molecule has 0 aliphatic rings. The van der Waals surface area contributed by atoms with Crippen molar-refractivity contribution in [3.63, 3.8) is 0 Å². The van der Waals surface area contributed by atoms with Gasteiger partial charge in [-0.15, -0.1) is 0 Å². The van der Waals surface area contributed by atoms with Gasteiger partial charge in [0, 0.05) is 11.1 Å². The first-order valence-corrected chi connectivity index (χ1v) is 10.9. The van der Waals surface area contributed by atoms with E-state index in [2.05, 4.69) is 4.89 Å². The number of benzene rings is 4. The van der Waals surface area contributed by atoms with Crippen molar-refractivity contribution >= 4 is 0 Å². The molecule has 176 valence electrons. The summed E-state index contributed by atoms with van der Waals surface area (Å²) in [5.41, 5.74) is 5.46. The van der Waals surface area contributed by atoms with Gasteiger partial charge in [-0.05, 0) is 53.4 Å². The Balaban J connectivity index is 0.000000192. The maximum atomic E-state index is 9.75. The summed E-state index contributed by atoms with van der Waals surface area (Å²) in [5, 5.41) is 27.7. The monoisotopic (exact) mass is 460 g/mol. The summed E-state index contributed by atoms with van der Waals surface area (Å²) < 4.78 is 0. The van der Waals surface area contributed by atoms with Gasteiger partial charge in [0.1, 0.15) is 24.7 Å². The molecule has 0 bridgehead atoms. The molecule has 6 nitrogen and oxygen atoms in total. The van der Waals surface area contributed by atoms with E-state index in [1.165, 1.54) is 0 Å². The van der Waals surface area contributed by atoms with Crippen molar-refractivity contribution in [3.05, 3.63) is 108 Å². The van der Waals surface area contributed by atoms with Crippen LogP contribution >= 0.6 is 0 Å². The Morgan fingerprint density at radius 3 is 1.47 bits per heavy atom. The van der Waals surface area contributed by atoms with Crippen LogP contribution in [0.3, 0.4) is 0 Å². The number of phenols is 2.